The minimum Gasteiger partial charge on any atom is -0.394 e. The van der Waals surface area contributed by atoms with E-state index >= 15 is 0 Å². The predicted molar refractivity (Wildman–Crippen MR) is 328 cm³/mol. The van der Waals surface area contributed by atoms with Gasteiger partial charge in [0.15, 0.2) is 0 Å². The summed E-state index contributed by atoms with van der Waals surface area (Å²) >= 11 is 0. The molecule has 74 heavy (non-hydrogen) atoms. The number of nitrogens with one attached hydrogen (secondary N) is 1. The van der Waals surface area contributed by atoms with Crippen LogP contribution in [-0.4, -0.2) is 46.1 Å². The summed E-state index contributed by atoms with van der Waals surface area (Å²) in [5, 5.41) is 33.8. The third-order valence-corrected chi connectivity index (χ3v) is 15.9. The summed E-state index contributed by atoms with van der Waals surface area (Å²) in [7, 11) is 0. The van der Waals surface area contributed by atoms with Crippen LogP contribution in [0.3, 0.4) is 0 Å². The molecule has 3 atom stereocenters. The molecule has 0 heterocycles. The van der Waals surface area contributed by atoms with E-state index in [9.17, 15) is 20.1 Å². The Balaban J connectivity index is 3.50. The van der Waals surface area contributed by atoms with Crippen molar-refractivity contribution >= 4 is 5.91 Å². The first-order valence-electron chi connectivity index (χ1n) is 33.8. The maximum absolute atomic E-state index is 12.6. The molecule has 5 heteroatoms. The molecule has 0 spiro atoms. The molecule has 0 aliphatic carbocycles. The van der Waals surface area contributed by atoms with Crippen molar-refractivity contribution in [3.63, 3.8) is 0 Å². The second-order valence-corrected chi connectivity index (χ2v) is 23.4. The highest BCUT2D eigenvalue weighted by Crippen LogP contribution is 2.18. The average Bonchev–Trinajstić information content (AvgIpc) is 3.41. The Morgan fingerprint density at radius 1 is 0.324 bits per heavy atom. The zero-order valence-electron chi connectivity index (χ0n) is 50.3. The van der Waals surface area contributed by atoms with Crippen LogP contribution in [0.15, 0.2) is 36.5 Å². The highest BCUT2D eigenvalue weighted by molar-refractivity contribution is 5.76. The Labute approximate surface area is 464 Å². The Morgan fingerprint density at radius 2 is 0.554 bits per heavy atom. The summed E-state index contributed by atoms with van der Waals surface area (Å²) in [5.74, 6) is -0.152. The SMILES string of the molecule is CCCCCCCCCCCCCCCC/C=C/CC/C=C/CCCC(O)C(O)C(CO)NC(=O)CCCCCCCCCCCCCCCCCCC/C=C\CCCCCCCCCCCCCCCCCC. The van der Waals surface area contributed by atoms with Crippen LogP contribution < -0.4 is 5.32 Å². The summed E-state index contributed by atoms with van der Waals surface area (Å²) in [5.41, 5.74) is 0. The standard InChI is InChI=1S/C69H133NO4/c1-3-5-7-9-11-13-15-17-19-21-23-25-27-28-29-30-31-32-33-34-35-36-37-38-39-40-42-44-46-48-50-52-54-56-58-60-62-64-68(73)70-66(65-71)69(74)67(72)63-61-59-57-55-53-51-49-47-45-43-41-26-24-22-20-18-16-14-12-10-8-6-4-2/h32-33,47,49,55,57,66-67,69,71-72,74H,3-31,34-46,48,50-54,56,58-65H2,1-2H3,(H,70,73)/b33-32-,49-47+,57-55+. The van der Waals surface area contributed by atoms with E-state index in [0.717, 1.165) is 44.9 Å². The maximum atomic E-state index is 12.6. The molecule has 0 fully saturated rings. The molecule has 0 aliphatic rings. The summed E-state index contributed by atoms with van der Waals surface area (Å²) < 4.78 is 0. The Hall–Kier alpha value is -1.43. The number of unbranched alkanes of at least 4 members (excludes halogenated alkanes) is 49. The monoisotopic (exact) mass is 1040 g/mol. The van der Waals surface area contributed by atoms with E-state index in [-0.39, 0.29) is 12.5 Å². The molecular formula is C69H133NO4. The first-order valence-corrected chi connectivity index (χ1v) is 33.8. The van der Waals surface area contributed by atoms with Crippen LogP contribution in [0, 0.1) is 0 Å². The van der Waals surface area contributed by atoms with Crippen LogP contribution in [-0.2, 0) is 4.79 Å². The molecule has 4 N–H and O–H groups in total. The highest BCUT2D eigenvalue weighted by Gasteiger charge is 2.26. The molecule has 1 amide bonds. The Bertz CT molecular complexity index is 1150. The number of aliphatic hydroxyl groups excluding tert-OH is 3. The van der Waals surface area contributed by atoms with Gasteiger partial charge in [0.1, 0.15) is 6.10 Å². The first-order chi connectivity index (χ1) is 36.6. The van der Waals surface area contributed by atoms with Crippen molar-refractivity contribution in [2.45, 2.75) is 392 Å². The summed E-state index contributed by atoms with van der Waals surface area (Å²) in [6.45, 7) is 4.21. The molecule has 0 aromatic heterocycles. The van der Waals surface area contributed by atoms with Gasteiger partial charge >= 0.3 is 0 Å². The highest BCUT2D eigenvalue weighted by atomic mass is 16.3. The van der Waals surface area contributed by atoms with Gasteiger partial charge in [-0.15, -0.1) is 0 Å². The summed E-state index contributed by atoms with van der Waals surface area (Å²) in [6, 6.07) is -0.833. The molecule has 0 radical (unpaired) electrons. The van der Waals surface area contributed by atoms with E-state index < -0.39 is 18.2 Å². The van der Waals surface area contributed by atoms with Gasteiger partial charge in [0, 0.05) is 6.42 Å². The van der Waals surface area contributed by atoms with Crippen molar-refractivity contribution in [1.82, 2.24) is 5.32 Å². The molecule has 0 saturated heterocycles. The van der Waals surface area contributed by atoms with Crippen LogP contribution in [0.4, 0.5) is 0 Å². The molecule has 0 aromatic carbocycles. The fourth-order valence-electron chi connectivity index (χ4n) is 10.8. The molecule has 0 aromatic rings. The fraction of sp³-hybridized carbons (Fsp3) is 0.899. The lowest BCUT2D eigenvalue weighted by atomic mass is 10.0. The third kappa shape index (κ3) is 58.3. The van der Waals surface area contributed by atoms with Crippen molar-refractivity contribution in [3.8, 4) is 0 Å². The van der Waals surface area contributed by atoms with Gasteiger partial charge in [0.05, 0.1) is 18.8 Å². The zero-order valence-corrected chi connectivity index (χ0v) is 50.3. The topological polar surface area (TPSA) is 89.8 Å². The largest absolute Gasteiger partial charge is 0.394 e. The lowest BCUT2D eigenvalue weighted by molar-refractivity contribution is -0.124. The average molecular weight is 1040 g/mol. The molecule has 0 rings (SSSR count). The van der Waals surface area contributed by atoms with Gasteiger partial charge in [0.25, 0.3) is 0 Å². The molecule has 5 nitrogen and oxygen atoms in total. The molecule has 0 aliphatic heterocycles. The Morgan fingerprint density at radius 3 is 0.824 bits per heavy atom. The number of hydrogen-bond donors (Lipinski definition) is 4. The molecular weight excluding hydrogens is 907 g/mol. The summed E-state index contributed by atoms with van der Waals surface area (Å²) in [6.07, 6.45) is 85.0. The minimum absolute atomic E-state index is 0.152. The van der Waals surface area contributed by atoms with Crippen LogP contribution in [0.1, 0.15) is 373 Å². The quantitative estimate of drug-likeness (QED) is 0.0361. The number of hydrogen-bond acceptors (Lipinski definition) is 4. The number of carbonyl (C=O) groups excluding carboxylic acids is 1. The van der Waals surface area contributed by atoms with Crippen molar-refractivity contribution in [2.75, 3.05) is 6.61 Å². The second kappa shape index (κ2) is 64.1. The van der Waals surface area contributed by atoms with E-state index in [4.69, 9.17) is 0 Å². The summed E-state index contributed by atoms with van der Waals surface area (Å²) in [4.78, 5) is 12.6. The van der Waals surface area contributed by atoms with Crippen molar-refractivity contribution in [3.05, 3.63) is 36.5 Å². The number of aliphatic hydroxyl groups is 3. The van der Waals surface area contributed by atoms with Crippen molar-refractivity contribution in [1.29, 1.82) is 0 Å². The van der Waals surface area contributed by atoms with Gasteiger partial charge in [-0.3, -0.25) is 4.79 Å². The zero-order chi connectivity index (χ0) is 53.6. The van der Waals surface area contributed by atoms with E-state index in [1.807, 2.05) is 0 Å². The second-order valence-electron chi connectivity index (χ2n) is 23.4. The minimum atomic E-state index is -1.17. The normalized spacial score (nSPS) is 13.3. The van der Waals surface area contributed by atoms with Gasteiger partial charge in [-0.25, -0.2) is 0 Å². The van der Waals surface area contributed by atoms with Gasteiger partial charge in [0.2, 0.25) is 5.91 Å². The predicted octanol–water partition coefficient (Wildman–Crippen LogP) is 21.7. The lowest BCUT2D eigenvalue weighted by Crippen LogP contribution is -2.50. The first kappa shape index (κ1) is 72.6. The van der Waals surface area contributed by atoms with Crippen LogP contribution in [0.5, 0.6) is 0 Å². The van der Waals surface area contributed by atoms with Crippen LogP contribution >= 0.6 is 0 Å². The van der Waals surface area contributed by atoms with Crippen molar-refractivity contribution in [2.24, 2.45) is 0 Å². The van der Waals surface area contributed by atoms with E-state index in [1.165, 1.54) is 302 Å². The number of rotatable bonds is 63. The fourth-order valence-corrected chi connectivity index (χ4v) is 10.8. The molecule has 3 unspecified atom stereocenters. The third-order valence-electron chi connectivity index (χ3n) is 15.9. The van der Waals surface area contributed by atoms with E-state index in [2.05, 4.69) is 55.6 Å². The molecule has 0 bridgehead atoms. The van der Waals surface area contributed by atoms with Crippen LogP contribution in [0.2, 0.25) is 0 Å². The van der Waals surface area contributed by atoms with E-state index in [0.29, 0.717) is 12.8 Å². The molecule has 0 saturated carbocycles. The van der Waals surface area contributed by atoms with Gasteiger partial charge in [-0.1, -0.05) is 326 Å². The van der Waals surface area contributed by atoms with Crippen LogP contribution in [0.25, 0.3) is 0 Å². The van der Waals surface area contributed by atoms with E-state index in [1.54, 1.807) is 0 Å². The maximum Gasteiger partial charge on any atom is 0.220 e. The molecule has 438 valence electrons. The number of carbonyl (C=O) groups is 1. The number of allylic oxidation sites excluding steroid dienone is 6. The smallest absolute Gasteiger partial charge is 0.220 e. The lowest BCUT2D eigenvalue weighted by Gasteiger charge is -2.26. The number of amides is 1. The van der Waals surface area contributed by atoms with Gasteiger partial charge in [-0.05, 0) is 77.0 Å². The Kier molecular flexibility index (Phi) is 62.9. The van der Waals surface area contributed by atoms with Gasteiger partial charge < -0.3 is 20.6 Å². The van der Waals surface area contributed by atoms with Gasteiger partial charge in [-0.2, -0.15) is 0 Å². The van der Waals surface area contributed by atoms with Crippen molar-refractivity contribution < 1.29 is 20.1 Å².